The molecule has 3 atom stereocenters. The summed E-state index contributed by atoms with van der Waals surface area (Å²) in [6, 6.07) is 4.62. The van der Waals surface area contributed by atoms with Crippen LogP contribution >= 0.6 is 47.2 Å². The summed E-state index contributed by atoms with van der Waals surface area (Å²) < 4.78 is 5.38. The number of hydrogen-bond donors (Lipinski definition) is 3. The molecule has 1 fully saturated rings. The molecule has 0 aliphatic carbocycles. The average molecular weight is 604 g/mol. The zero-order chi connectivity index (χ0) is 28.7. The van der Waals surface area contributed by atoms with Crippen molar-refractivity contribution in [3.63, 3.8) is 0 Å². The van der Waals surface area contributed by atoms with Gasteiger partial charge in [-0.2, -0.15) is 0 Å². The van der Waals surface area contributed by atoms with Gasteiger partial charge in [-0.05, 0) is 44.5 Å². The molecule has 1 amide bonds. The van der Waals surface area contributed by atoms with E-state index >= 15 is 0 Å². The molecule has 2 aliphatic heterocycles. The van der Waals surface area contributed by atoms with Crippen LogP contribution in [0.2, 0.25) is 10.0 Å². The number of nitrogens with one attached hydrogen (secondary N) is 1. The summed E-state index contributed by atoms with van der Waals surface area (Å²) in [7, 11) is 0. The Balaban J connectivity index is 2.09. The Hall–Kier alpha value is -2.67. The monoisotopic (exact) mass is 602 g/mol. The second-order valence-electron chi connectivity index (χ2n) is 9.50. The van der Waals surface area contributed by atoms with Crippen molar-refractivity contribution in [1.82, 2.24) is 10.2 Å². The Morgan fingerprint density at radius 1 is 1.21 bits per heavy atom. The average Bonchev–Trinajstić information content (AvgIpc) is 2.81. The van der Waals surface area contributed by atoms with Crippen LogP contribution in [0.1, 0.15) is 39.7 Å². The molecule has 1 aromatic rings. The second kappa shape index (κ2) is 10.8. The number of esters is 1. The summed E-state index contributed by atoms with van der Waals surface area (Å²) in [5, 5.41) is 20.3. The van der Waals surface area contributed by atoms with E-state index in [0.29, 0.717) is 27.4 Å². The number of benzene rings is 1. The lowest BCUT2D eigenvalue weighted by Crippen LogP contribution is -2.83. The molecular formula is C24H24Cl2N2O8S2. The van der Waals surface area contributed by atoms with E-state index in [0.717, 1.165) is 4.90 Å². The highest BCUT2D eigenvalue weighted by molar-refractivity contribution is 8.01. The predicted octanol–water partition coefficient (Wildman–Crippen LogP) is 3.22. The summed E-state index contributed by atoms with van der Waals surface area (Å²) in [5.74, 6) is -6.04. The van der Waals surface area contributed by atoms with Crippen molar-refractivity contribution < 1.29 is 38.9 Å². The molecule has 3 rings (SSSR count). The van der Waals surface area contributed by atoms with Crippen LogP contribution in [0, 0.1) is 0 Å². The molecule has 1 aromatic carbocycles. The molecule has 14 heteroatoms. The molecule has 0 saturated carbocycles. The van der Waals surface area contributed by atoms with Crippen LogP contribution in [0.5, 0.6) is 0 Å². The van der Waals surface area contributed by atoms with Crippen LogP contribution in [0.15, 0.2) is 29.5 Å². The first-order valence-electron chi connectivity index (χ1n) is 11.3. The minimum Gasteiger partial charge on any atom is -0.480 e. The fourth-order valence-corrected chi connectivity index (χ4v) is 6.27. The maximum atomic E-state index is 13.5. The molecule has 0 bridgehead atoms. The topological polar surface area (TPSA) is 150 Å². The molecule has 0 aromatic heterocycles. The lowest BCUT2D eigenvalue weighted by molar-refractivity contribution is -0.172. The molecule has 38 heavy (non-hydrogen) atoms. The fraction of sp³-hybridized carbons (Fsp3) is 0.417. The number of nitrogens with zero attached hydrogens (tertiary/aromatic N) is 1. The molecule has 2 unspecified atom stereocenters. The van der Waals surface area contributed by atoms with Gasteiger partial charge in [-0.25, -0.2) is 9.59 Å². The quantitative estimate of drug-likeness (QED) is 0.174. The number of amides is 1. The summed E-state index contributed by atoms with van der Waals surface area (Å²) in [5.41, 5.74) is -4.04. The van der Waals surface area contributed by atoms with E-state index in [1.807, 2.05) is 0 Å². The van der Waals surface area contributed by atoms with Crippen LogP contribution in [0.4, 0.5) is 0 Å². The van der Waals surface area contributed by atoms with Crippen LogP contribution < -0.4 is 5.32 Å². The van der Waals surface area contributed by atoms with Crippen molar-refractivity contribution in [1.29, 1.82) is 0 Å². The summed E-state index contributed by atoms with van der Waals surface area (Å²) in [4.78, 5) is 65.1. The van der Waals surface area contributed by atoms with Gasteiger partial charge in [0.2, 0.25) is 5.54 Å². The van der Waals surface area contributed by atoms with Crippen molar-refractivity contribution in [2.24, 2.45) is 0 Å². The molecule has 3 N–H and O–H groups in total. The zero-order valence-corrected chi connectivity index (χ0v) is 23.8. The van der Waals surface area contributed by atoms with Gasteiger partial charge in [-0.3, -0.25) is 19.3 Å². The summed E-state index contributed by atoms with van der Waals surface area (Å²) in [6.45, 7) is 6.13. The lowest BCUT2D eigenvalue weighted by Gasteiger charge is -2.56. The van der Waals surface area contributed by atoms with Crippen molar-refractivity contribution >= 4 is 81.8 Å². The Morgan fingerprint density at radius 2 is 1.84 bits per heavy atom. The van der Waals surface area contributed by atoms with E-state index in [9.17, 15) is 34.2 Å². The molecule has 0 radical (unpaired) electrons. The van der Waals surface area contributed by atoms with Gasteiger partial charge in [-0.15, -0.1) is 11.8 Å². The third-order valence-electron chi connectivity index (χ3n) is 5.66. The number of carboxylic acids is 2. The van der Waals surface area contributed by atoms with Crippen LogP contribution in [-0.2, 0) is 35.1 Å². The van der Waals surface area contributed by atoms with Gasteiger partial charge in [0.25, 0.3) is 5.91 Å². The first-order valence-corrected chi connectivity index (χ1v) is 13.4. The van der Waals surface area contributed by atoms with Crippen molar-refractivity contribution in [3.05, 3.63) is 45.1 Å². The van der Waals surface area contributed by atoms with E-state index in [4.69, 9.17) is 40.2 Å². The number of fused-ring (bicyclic) bond motifs is 1. The summed E-state index contributed by atoms with van der Waals surface area (Å²) in [6.07, 6.45) is -0.239. The summed E-state index contributed by atoms with van der Waals surface area (Å²) >= 11 is 18.1. The largest absolute Gasteiger partial charge is 0.480 e. The van der Waals surface area contributed by atoms with E-state index in [1.54, 1.807) is 26.8 Å². The number of ketones is 1. The maximum absolute atomic E-state index is 13.5. The van der Waals surface area contributed by atoms with Crippen molar-refractivity contribution in [2.45, 2.75) is 62.3 Å². The maximum Gasteiger partial charge on any atom is 0.356 e. The zero-order valence-electron chi connectivity index (χ0n) is 20.7. The molecule has 10 nitrogen and oxygen atoms in total. The third kappa shape index (κ3) is 5.40. The lowest BCUT2D eigenvalue weighted by atomic mass is 9.84. The molecule has 0 spiro atoms. The molecule has 204 valence electrons. The van der Waals surface area contributed by atoms with Gasteiger partial charge in [0.15, 0.2) is 5.78 Å². The van der Waals surface area contributed by atoms with Crippen LogP contribution in [0.3, 0.4) is 0 Å². The smallest absolute Gasteiger partial charge is 0.356 e. The van der Waals surface area contributed by atoms with Crippen molar-refractivity contribution in [2.75, 3.05) is 0 Å². The number of Topliss-reactive ketones (excluding diaryl/α,β-unsaturated/α-hetero) is 1. The second-order valence-corrected chi connectivity index (χ2v) is 12.0. The highest BCUT2D eigenvalue weighted by atomic mass is 35.5. The number of carbonyl (C=O) groups is 5. The molecule has 2 heterocycles. The number of thiocarbonyl (C=S) groups is 1. The van der Waals surface area contributed by atoms with Crippen molar-refractivity contribution in [3.8, 4) is 0 Å². The standard InChI is InChI=1S/C24H24Cl2N2O8S2/c1-5-13(29)15-16(19(32)36-23(2,3)4)28-20(33)24(22(34)35,21(28)38-17(15)18(30)31)27-14(37)9-10-8-11(25)6-7-12(10)26/h6-8,17,21H,5,9H2,1-4H3,(H,27,37)(H,30,31)(H,34,35)/t17?,21-,24?/m0/s1. The highest BCUT2D eigenvalue weighted by Gasteiger charge is 2.72. The van der Waals surface area contributed by atoms with E-state index in [2.05, 4.69) is 5.32 Å². The number of rotatable bonds is 8. The molecule has 1 saturated heterocycles. The number of ether oxygens (including phenoxy) is 1. The molecular weight excluding hydrogens is 579 g/mol. The number of β-lactam (4-membered cyclic amide) rings is 1. The van der Waals surface area contributed by atoms with Gasteiger partial charge in [0, 0.05) is 22.9 Å². The highest BCUT2D eigenvalue weighted by Crippen LogP contribution is 2.50. The predicted molar refractivity (Wildman–Crippen MR) is 144 cm³/mol. The van der Waals surface area contributed by atoms with E-state index in [-0.39, 0.29) is 17.8 Å². The van der Waals surface area contributed by atoms with Gasteiger partial charge in [0.05, 0.1) is 10.6 Å². The van der Waals surface area contributed by atoms with Gasteiger partial charge in [-0.1, -0.05) is 42.3 Å². The third-order valence-corrected chi connectivity index (χ3v) is 8.04. The minimum atomic E-state index is -2.42. The van der Waals surface area contributed by atoms with E-state index < -0.39 is 62.6 Å². The van der Waals surface area contributed by atoms with Crippen LogP contribution in [-0.4, -0.2) is 71.5 Å². The SMILES string of the molecule is CCC(=O)C1=C(C(=O)OC(C)(C)C)N2C(=O)C(NC(=S)Cc3cc(Cl)ccc3Cl)(C(=O)O)[C@@H]2SC1C(=O)O. The normalized spacial score (nSPS) is 22.8. The number of thioether (sulfide) groups is 1. The number of halogens is 2. The number of hydrogen-bond acceptors (Lipinski definition) is 8. The number of carbonyl (C=O) groups excluding carboxylic acids is 3. The van der Waals surface area contributed by atoms with E-state index in [1.165, 1.54) is 19.1 Å². The van der Waals surface area contributed by atoms with Gasteiger partial charge < -0.3 is 20.3 Å². The van der Waals surface area contributed by atoms with Crippen LogP contribution in [0.25, 0.3) is 0 Å². The van der Waals surface area contributed by atoms with Gasteiger partial charge >= 0.3 is 17.9 Å². The van der Waals surface area contributed by atoms with Gasteiger partial charge in [0.1, 0.15) is 21.9 Å². The Morgan fingerprint density at radius 3 is 2.37 bits per heavy atom. The Bertz CT molecular complexity index is 1290. The fourth-order valence-electron chi connectivity index (χ4n) is 4.03. The Labute approximate surface area is 237 Å². The minimum absolute atomic E-state index is 0.0783. The number of carboxylic acid groups (broad SMARTS) is 2. The first kappa shape index (κ1) is 29.9. The molecule has 2 aliphatic rings. The first-order chi connectivity index (χ1) is 17.5. The Kier molecular flexibility index (Phi) is 8.52. The number of aliphatic carboxylic acids is 2.